The molecule has 1 aliphatic rings. The SMILES string of the molecule is NC(=O)CN1CCCC(NCCC(=O)O)C1. The number of aliphatic carboxylic acids is 1. The lowest BCUT2D eigenvalue weighted by Crippen LogP contribution is -2.48. The van der Waals surface area contributed by atoms with E-state index in [4.69, 9.17) is 10.8 Å². The fourth-order valence-electron chi connectivity index (χ4n) is 1.97. The highest BCUT2D eigenvalue weighted by Gasteiger charge is 2.20. The molecule has 1 amide bonds. The first-order valence-electron chi connectivity index (χ1n) is 5.54. The van der Waals surface area contributed by atoms with Crippen LogP contribution in [0.5, 0.6) is 0 Å². The van der Waals surface area contributed by atoms with Crippen molar-refractivity contribution in [3.8, 4) is 0 Å². The van der Waals surface area contributed by atoms with Gasteiger partial charge in [-0.3, -0.25) is 14.5 Å². The van der Waals surface area contributed by atoms with Gasteiger partial charge >= 0.3 is 5.97 Å². The van der Waals surface area contributed by atoms with Gasteiger partial charge < -0.3 is 16.2 Å². The van der Waals surface area contributed by atoms with E-state index in [1.54, 1.807) is 0 Å². The summed E-state index contributed by atoms with van der Waals surface area (Å²) < 4.78 is 0. The van der Waals surface area contributed by atoms with Crippen molar-refractivity contribution in [2.75, 3.05) is 26.2 Å². The average molecular weight is 229 g/mol. The van der Waals surface area contributed by atoms with E-state index in [1.165, 1.54) is 0 Å². The largest absolute Gasteiger partial charge is 0.481 e. The Balaban J connectivity index is 2.22. The number of hydrogen-bond acceptors (Lipinski definition) is 4. The number of likely N-dealkylation sites (tertiary alicyclic amines) is 1. The molecule has 92 valence electrons. The molecule has 0 spiro atoms. The fourth-order valence-corrected chi connectivity index (χ4v) is 1.97. The maximum atomic E-state index is 10.8. The number of piperidine rings is 1. The lowest BCUT2D eigenvalue weighted by atomic mass is 10.1. The summed E-state index contributed by atoms with van der Waals surface area (Å²) in [5.41, 5.74) is 5.13. The van der Waals surface area contributed by atoms with Gasteiger partial charge in [0.15, 0.2) is 0 Å². The van der Waals surface area contributed by atoms with Gasteiger partial charge in [-0.05, 0) is 19.4 Å². The first kappa shape index (κ1) is 12.9. The number of carbonyl (C=O) groups is 2. The third-order valence-electron chi connectivity index (χ3n) is 2.66. The number of nitrogens with two attached hydrogens (primary N) is 1. The van der Waals surface area contributed by atoms with Crippen LogP contribution < -0.4 is 11.1 Å². The highest BCUT2D eigenvalue weighted by molar-refractivity contribution is 5.75. The molecule has 1 unspecified atom stereocenters. The van der Waals surface area contributed by atoms with Crippen molar-refractivity contribution in [1.29, 1.82) is 0 Å². The van der Waals surface area contributed by atoms with E-state index in [0.29, 0.717) is 6.54 Å². The molecule has 0 bridgehead atoms. The summed E-state index contributed by atoms with van der Waals surface area (Å²) in [6.07, 6.45) is 2.17. The summed E-state index contributed by atoms with van der Waals surface area (Å²) in [6, 6.07) is 0.271. The molecular weight excluding hydrogens is 210 g/mol. The van der Waals surface area contributed by atoms with Gasteiger partial charge in [0.2, 0.25) is 5.91 Å². The molecule has 0 aromatic rings. The van der Waals surface area contributed by atoms with E-state index in [9.17, 15) is 9.59 Å². The second-order valence-electron chi connectivity index (χ2n) is 4.14. The van der Waals surface area contributed by atoms with Crippen LogP contribution in [0.2, 0.25) is 0 Å². The number of carbonyl (C=O) groups excluding carboxylic acids is 1. The van der Waals surface area contributed by atoms with Crippen molar-refractivity contribution in [3.63, 3.8) is 0 Å². The Morgan fingerprint density at radius 1 is 1.50 bits per heavy atom. The van der Waals surface area contributed by atoms with Crippen molar-refractivity contribution < 1.29 is 14.7 Å². The molecule has 1 saturated heterocycles. The minimum atomic E-state index is -0.794. The predicted octanol–water partition coefficient (Wildman–Crippen LogP) is -1.000. The van der Waals surface area contributed by atoms with Gasteiger partial charge in [-0.2, -0.15) is 0 Å². The van der Waals surface area contributed by atoms with Crippen LogP contribution in [-0.2, 0) is 9.59 Å². The Bertz CT molecular complexity index is 258. The van der Waals surface area contributed by atoms with E-state index < -0.39 is 5.97 Å². The van der Waals surface area contributed by atoms with Crippen LogP contribution in [0.1, 0.15) is 19.3 Å². The molecule has 1 atom stereocenters. The number of carboxylic acids is 1. The van der Waals surface area contributed by atoms with Crippen LogP contribution in [0, 0.1) is 0 Å². The molecule has 16 heavy (non-hydrogen) atoms. The Kier molecular flexibility index (Phi) is 5.21. The molecule has 1 fully saturated rings. The quantitative estimate of drug-likeness (QED) is 0.543. The summed E-state index contributed by atoms with van der Waals surface area (Å²) in [7, 11) is 0. The van der Waals surface area contributed by atoms with E-state index in [2.05, 4.69) is 5.32 Å². The van der Waals surface area contributed by atoms with Crippen LogP contribution >= 0.6 is 0 Å². The average Bonchev–Trinajstić information content (AvgIpc) is 2.16. The Hall–Kier alpha value is -1.14. The third kappa shape index (κ3) is 5.09. The second kappa shape index (κ2) is 6.44. The number of hydrogen-bond donors (Lipinski definition) is 3. The molecule has 4 N–H and O–H groups in total. The number of carboxylic acid groups (broad SMARTS) is 1. The van der Waals surface area contributed by atoms with E-state index in [0.717, 1.165) is 25.9 Å². The van der Waals surface area contributed by atoms with Crippen LogP contribution in [0.15, 0.2) is 0 Å². The molecule has 1 aliphatic heterocycles. The molecular formula is C10H19N3O3. The summed E-state index contributed by atoms with van der Waals surface area (Å²) in [6.45, 7) is 2.42. The van der Waals surface area contributed by atoms with Crippen LogP contribution in [-0.4, -0.2) is 54.1 Å². The van der Waals surface area contributed by atoms with Gasteiger partial charge in [0, 0.05) is 19.1 Å². The van der Waals surface area contributed by atoms with Crippen molar-refractivity contribution >= 4 is 11.9 Å². The summed E-state index contributed by atoms with van der Waals surface area (Å²) in [5.74, 6) is -1.11. The highest BCUT2D eigenvalue weighted by atomic mass is 16.4. The van der Waals surface area contributed by atoms with Gasteiger partial charge in [-0.25, -0.2) is 0 Å². The first-order valence-corrected chi connectivity index (χ1v) is 5.54. The standard InChI is InChI=1S/C10H19N3O3/c11-9(14)7-13-5-1-2-8(6-13)12-4-3-10(15)16/h8,12H,1-7H2,(H2,11,14)(H,15,16). The minimum absolute atomic E-state index is 0.131. The number of primary amides is 1. The molecule has 6 heteroatoms. The van der Waals surface area contributed by atoms with Crippen LogP contribution in [0.4, 0.5) is 0 Å². The molecule has 0 saturated carbocycles. The zero-order valence-electron chi connectivity index (χ0n) is 9.32. The molecule has 0 aliphatic carbocycles. The number of rotatable bonds is 6. The lowest BCUT2D eigenvalue weighted by Gasteiger charge is -2.32. The Morgan fingerprint density at radius 3 is 2.88 bits per heavy atom. The van der Waals surface area contributed by atoms with Gasteiger partial charge in [0.1, 0.15) is 0 Å². The van der Waals surface area contributed by atoms with Crippen molar-refractivity contribution in [2.45, 2.75) is 25.3 Å². The van der Waals surface area contributed by atoms with Crippen molar-refractivity contribution in [1.82, 2.24) is 10.2 Å². The van der Waals surface area contributed by atoms with Gasteiger partial charge in [-0.15, -0.1) is 0 Å². The summed E-state index contributed by atoms with van der Waals surface area (Å²) >= 11 is 0. The van der Waals surface area contributed by atoms with E-state index in [-0.39, 0.29) is 24.9 Å². The Morgan fingerprint density at radius 2 is 2.25 bits per heavy atom. The molecule has 0 aromatic heterocycles. The number of amides is 1. The zero-order chi connectivity index (χ0) is 12.0. The van der Waals surface area contributed by atoms with E-state index >= 15 is 0 Å². The smallest absolute Gasteiger partial charge is 0.304 e. The third-order valence-corrected chi connectivity index (χ3v) is 2.66. The minimum Gasteiger partial charge on any atom is -0.481 e. The van der Waals surface area contributed by atoms with Crippen molar-refractivity contribution in [2.24, 2.45) is 5.73 Å². The second-order valence-corrected chi connectivity index (χ2v) is 4.14. The summed E-state index contributed by atoms with van der Waals surface area (Å²) in [4.78, 5) is 23.1. The molecule has 1 rings (SSSR count). The zero-order valence-corrected chi connectivity index (χ0v) is 9.32. The van der Waals surface area contributed by atoms with Crippen molar-refractivity contribution in [3.05, 3.63) is 0 Å². The molecule has 0 radical (unpaired) electrons. The van der Waals surface area contributed by atoms with Crippen LogP contribution in [0.3, 0.4) is 0 Å². The van der Waals surface area contributed by atoms with Crippen LogP contribution in [0.25, 0.3) is 0 Å². The first-order chi connectivity index (χ1) is 7.58. The molecule has 6 nitrogen and oxygen atoms in total. The maximum absolute atomic E-state index is 10.8. The maximum Gasteiger partial charge on any atom is 0.304 e. The Labute approximate surface area is 94.8 Å². The number of nitrogens with zero attached hydrogens (tertiary/aromatic N) is 1. The number of nitrogens with one attached hydrogen (secondary N) is 1. The predicted molar refractivity (Wildman–Crippen MR) is 58.9 cm³/mol. The van der Waals surface area contributed by atoms with Gasteiger partial charge in [-0.1, -0.05) is 0 Å². The van der Waals surface area contributed by atoms with Gasteiger partial charge in [0.25, 0.3) is 0 Å². The lowest BCUT2D eigenvalue weighted by molar-refractivity contribution is -0.136. The van der Waals surface area contributed by atoms with E-state index in [1.807, 2.05) is 4.90 Å². The monoisotopic (exact) mass is 229 g/mol. The molecule has 1 heterocycles. The topological polar surface area (TPSA) is 95.7 Å². The fraction of sp³-hybridized carbons (Fsp3) is 0.800. The highest BCUT2D eigenvalue weighted by Crippen LogP contribution is 2.09. The normalized spacial score (nSPS) is 21.9. The van der Waals surface area contributed by atoms with Gasteiger partial charge in [0.05, 0.1) is 13.0 Å². The molecule has 0 aromatic carbocycles. The summed E-state index contributed by atoms with van der Waals surface area (Å²) in [5, 5.41) is 11.7.